The first-order valence-corrected chi connectivity index (χ1v) is 6.55. The predicted molar refractivity (Wildman–Crippen MR) is 70.8 cm³/mol. The summed E-state index contributed by atoms with van der Waals surface area (Å²) in [6.07, 6.45) is 0.880. The zero-order valence-corrected chi connectivity index (χ0v) is 11.3. The van der Waals surface area contributed by atoms with Crippen molar-refractivity contribution < 1.29 is 0 Å². The second kappa shape index (κ2) is 5.42. The van der Waals surface area contributed by atoms with Gasteiger partial charge in [-0.1, -0.05) is 0 Å². The van der Waals surface area contributed by atoms with E-state index in [4.69, 9.17) is 11.6 Å². The first-order valence-electron chi connectivity index (χ1n) is 5.29. The van der Waals surface area contributed by atoms with Gasteiger partial charge >= 0.3 is 0 Å². The highest BCUT2D eigenvalue weighted by Crippen LogP contribution is 2.11. The van der Waals surface area contributed by atoms with Crippen LogP contribution in [0.3, 0.4) is 0 Å². The Bertz CT molecular complexity index is 492. The lowest BCUT2D eigenvalue weighted by atomic mass is 10.3. The SMILES string of the molecule is Cc1cc(NCCc2csc(C)n2)nc(Cl)n1. The standard InChI is InChI=1S/C11H13ClN4S/c1-7-5-10(16-11(12)14-7)13-4-3-9-6-17-8(2)15-9/h5-6H,3-4H2,1-2H3,(H,13,14,16). The van der Waals surface area contributed by atoms with E-state index in [1.54, 1.807) is 11.3 Å². The van der Waals surface area contributed by atoms with E-state index in [0.717, 1.165) is 35.2 Å². The molecule has 2 aromatic heterocycles. The van der Waals surface area contributed by atoms with Crippen molar-refractivity contribution in [2.75, 3.05) is 11.9 Å². The maximum Gasteiger partial charge on any atom is 0.224 e. The van der Waals surface area contributed by atoms with Crippen LogP contribution in [0.15, 0.2) is 11.4 Å². The molecule has 0 fully saturated rings. The molecule has 0 spiro atoms. The molecule has 0 atom stereocenters. The number of hydrogen-bond acceptors (Lipinski definition) is 5. The molecule has 2 aromatic rings. The lowest BCUT2D eigenvalue weighted by molar-refractivity contribution is 0.954. The maximum atomic E-state index is 5.78. The summed E-state index contributed by atoms with van der Waals surface area (Å²) in [6, 6.07) is 1.87. The highest BCUT2D eigenvalue weighted by molar-refractivity contribution is 7.09. The van der Waals surface area contributed by atoms with E-state index in [-0.39, 0.29) is 5.28 Å². The Balaban J connectivity index is 1.89. The van der Waals surface area contributed by atoms with E-state index in [1.807, 2.05) is 19.9 Å². The number of thiazole rings is 1. The molecule has 0 aromatic carbocycles. The van der Waals surface area contributed by atoms with Gasteiger partial charge in [0.2, 0.25) is 5.28 Å². The first-order chi connectivity index (χ1) is 8.13. The number of rotatable bonds is 4. The molecule has 0 saturated carbocycles. The minimum Gasteiger partial charge on any atom is -0.370 e. The van der Waals surface area contributed by atoms with Crippen LogP contribution >= 0.6 is 22.9 Å². The Hall–Kier alpha value is -1.20. The molecule has 0 aliphatic heterocycles. The Morgan fingerprint density at radius 2 is 2.12 bits per heavy atom. The Morgan fingerprint density at radius 3 is 2.76 bits per heavy atom. The van der Waals surface area contributed by atoms with Gasteiger partial charge in [-0.05, 0) is 25.4 Å². The molecule has 0 amide bonds. The summed E-state index contributed by atoms with van der Waals surface area (Å²) in [4.78, 5) is 12.5. The third kappa shape index (κ3) is 3.64. The van der Waals surface area contributed by atoms with Crippen molar-refractivity contribution in [1.29, 1.82) is 0 Å². The molecule has 90 valence electrons. The third-order valence-electron chi connectivity index (χ3n) is 2.18. The molecule has 1 N–H and O–H groups in total. The van der Waals surface area contributed by atoms with Gasteiger partial charge in [-0.2, -0.15) is 0 Å². The zero-order valence-electron chi connectivity index (χ0n) is 9.70. The van der Waals surface area contributed by atoms with Crippen LogP contribution in [-0.2, 0) is 6.42 Å². The summed E-state index contributed by atoms with van der Waals surface area (Å²) in [5, 5.41) is 6.66. The monoisotopic (exact) mass is 268 g/mol. The summed E-state index contributed by atoms with van der Waals surface area (Å²) < 4.78 is 0. The van der Waals surface area contributed by atoms with Gasteiger partial charge in [0.25, 0.3) is 0 Å². The van der Waals surface area contributed by atoms with Crippen molar-refractivity contribution in [3.63, 3.8) is 0 Å². The Kier molecular flexibility index (Phi) is 3.91. The highest BCUT2D eigenvalue weighted by Gasteiger charge is 2.01. The van der Waals surface area contributed by atoms with E-state index >= 15 is 0 Å². The van der Waals surface area contributed by atoms with Crippen molar-refractivity contribution in [3.05, 3.63) is 33.1 Å². The van der Waals surface area contributed by atoms with Crippen LogP contribution in [0.25, 0.3) is 0 Å². The molecule has 2 heterocycles. The maximum absolute atomic E-state index is 5.78. The van der Waals surface area contributed by atoms with Gasteiger partial charge in [-0.3, -0.25) is 0 Å². The largest absolute Gasteiger partial charge is 0.370 e. The van der Waals surface area contributed by atoms with Crippen LogP contribution < -0.4 is 5.32 Å². The van der Waals surface area contributed by atoms with E-state index in [9.17, 15) is 0 Å². The number of aryl methyl sites for hydroxylation is 2. The van der Waals surface area contributed by atoms with Crippen molar-refractivity contribution in [3.8, 4) is 0 Å². The number of anilines is 1. The predicted octanol–water partition coefficient (Wildman–Crippen LogP) is 2.86. The van der Waals surface area contributed by atoms with Crippen LogP contribution in [0.4, 0.5) is 5.82 Å². The molecule has 0 saturated heterocycles. The Morgan fingerprint density at radius 1 is 1.29 bits per heavy atom. The van der Waals surface area contributed by atoms with Crippen molar-refractivity contribution in [2.45, 2.75) is 20.3 Å². The zero-order chi connectivity index (χ0) is 12.3. The normalized spacial score (nSPS) is 10.5. The van der Waals surface area contributed by atoms with Gasteiger partial charge in [-0.15, -0.1) is 11.3 Å². The third-order valence-corrected chi connectivity index (χ3v) is 3.17. The number of hydrogen-bond donors (Lipinski definition) is 1. The fraction of sp³-hybridized carbons (Fsp3) is 0.364. The summed E-state index contributed by atoms with van der Waals surface area (Å²) in [6.45, 7) is 4.69. The first kappa shape index (κ1) is 12.3. The van der Waals surface area contributed by atoms with Crippen molar-refractivity contribution in [1.82, 2.24) is 15.0 Å². The second-order valence-electron chi connectivity index (χ2n) is 3.70. The van der Waals surface area contributed by atoms with Crippen LogP contribution in [0, 0.1) is 13.8 Å². The fourth-order valence-electron chi connectivity index (χ4n) is 1.46. The van der Waals surface area contributed by atoms with Crippen molar-refractivity contribution >= 4 is 28.8 Å². The van der Waals surface area contributed by atoms with Gasteiger partial charge in [0.1, 0.15) is 5.82 Å². The number of nitrogens with one attached hydrogen (secondary N) is 1. The van der Waals surface area contributed by atoms with Crippen molar-refractivity contribution in [2.24, 2.45) is 0 Å². The number of halogens is 1. The lowest BCUT2D eigenvalue weighted by Gasteiger charge is -2.05. The molecule has 17 heavy (non-hydrogen) atoms. The van der Waals surface area contributed by atoms with E-state index < -0.39 is 0 Å². The summed E-state index contributed by atoms with van der Waals surface area (Å²) >= 11 is 7.45. The topological polar surface area (TPSA) is 50.7 Å². The summed E-state index contributed by atoms with van der Waals surface area (Å²) in [5.41, 5.74) is 1.97. The van der Waals surface area contributed by atoms with E-state index in [2.05, 4.69) is 25.6 Å². The van der Waals surface area contributed by atoms with E-state index in [0.29, 0.717) is 0 Å². The molecule has 0 bridgehead atoms. The minimum atomic E-state index is 0.275. The minimum absolute atomic E-state index is 0.275. The molecule has 0 unspecified atom stereocenters. The summed E-state index contributed by atoms with van der Waals surface area (Å²) in [7, 11) is 0. The van der Waals surface area contributed by atoms with E-state index in [1.165, 1.54) is 0 Å². The molecular weight excluding hydrogens is 256 g/mol. The second-order valence-corrected chi connectivity index (χ2v) is 5.10. The molecule has 0 aliphatic rings. The molecular formula is C11H13ClN4S. The van der Waals surface area contributed by atoms with Gasteiger partial charge in [-0.25, -0.2) is 15.0 Å². The van der Waals surface area contributed by atoms with Crippen LogP contribution in [-0.4, -0.2) is 21.5 Å². The van der Waals surface area contributed by atoms with Gasteiger partial charge in [0, 0.05) is 30.1 Å². The van der Waals surface area contributed by atoms with Crippen LogP contribution in [0.5, 0.6) is 0 Å². The van der Waals surface area contributed by atoms with Crippen LogP contribution in [0.2, 0.25) is 5.28 Å². The molecule has 0 radical (unpaired) electrons. The lowest BCUT2D eigenvalue weighted by Crippen LogP contribution is -2.07. The van der Waals surface area contributed by atoms with Gasteiger partial charge in [0.05, 0.1) is 10.7 Å². The average molecular weight is 269 g/mol. The number of nitrogens with zero attached hydrogens (tertiary/aromatic N) is 3. The summed E-state index contributed by atoms with van der Waals surface area (Å²) in [5.74, 6) is 0.759. The molecule has 6 heteroatoms. The van der Waals surface area contributed by atoms with Gasteiger partial charge in [0.15, 0.2) is 0 Å². The fourth-order valence-corrected chi connectivity index (χ4v) is 2.34. The number of aromatic nitrogens is 3. The Labute approximate surface area is 109 Å². The smallest absolute Gasteiger partial charge is 0.224 e. The molecule has 4 nitrogen and oxygen atoms in total. The van der Waals surface area contributed by atoms with Gasteiger partial charge < -0.3 is 5.32 Å². The molecule has 0 aliphatic carbocycles. The molecule has 2 rings (SSSR count). The van der Waals surface area contributed by atoms with Crippen LogP contribution in [0.1, 0.15) is 16.4 Å². The average Bonchev–Trinajstić information content (AvgIpc) is 2.63. The highest BCUT2D eigenvalue weighted by atomic mass is 35.5. The quantitative estimate of drug-likeness (QED) is 0.867.